The third kappa shape index (κ3) is 4.02. The molecule has 0 spiro atoms. The van der Waals surface area contributed by atoms with Crippen LogP contribution in [0, 0.1) is 5.92 Å². The average molecular weight is 262 g/mol. The predicted octanol–water partition coefficient (Wildman–Crippen LogP) is -0.000400. The first-order valence-corrected chi connectivity index (χ1v) is 6.71. The molecular formula is C14H22N4O. The number of likely N-dealkylation sites (tertiary alicyclic amines) is 1. The molecule has 1 aromatic carbocycles. The normalized spacial score (nSPS) is 19.6. The summed E-state index contributed by atoms with van der Waals surface area (Å²) in [5.41, 5.74) is 10.1. The maximum atomic E-state index is 11.2. The summed E-state index contributed by atoms with van der Waals surface area (Å²) in [5, 5.41) is 0. The molecule has 1 aliphatic rings. The van der Waals surface area contributed by atoms with E-state index < -0.39 is 0 Å². The second-order valence-corrected chi connectivity index (χ2v) is 5.19. The maximum Gasteiger partial charge on any atom is 0.238 e. The van der Waals surface area contributed by atoms with Crippen LogP contribution in [0.5, 0.6) is 0 Å². The van der Waals surface area contributed by atoms with Crippen molar-refractivity contribution in [3.05, 3.63) is 35.4 Å². The minimum Gasteiger partial charge on any atom is -0.330 e. The van der Waals surface area contributed by atoms with Crippen LogP contribution >= 0.6 is 0 Å². The van der Waals surface area contributed by atoms with Crippen LogP contribution < -0.4 is 17.0 Å². The summed E-state index contributed by atoms with van der Waals surface area (Å²) in [6.07, 6.45) is 1.53. The van der Waals surface area contributed by atoms with Gasteiger partial charge in [-0.15, -0.1) is 0 Å². The van der Waals surface area contributed by atoms with Crippen molar-refractivity contribution in [2.75, 3.05) is 19.6 Å². The van der Waals surface area contributed by atoms with Gasteiger partial charge < -0.3 is 5.73 Å². The van der Waals surface area contributed by atoms with E-state index in [2.05, 4.69) is 22.5 Å². The third-order valence-corrected chi connectivity index (χ3v) is 3.66. The van der Waals surface area contributed by atoms with E-state index in [4.69, 9.17) is 11.6 Å². The van der Waals surface area contributed by atoms with Crippen molar-refractivity contribution in [1.82, 2.24) is 10.3 Å². The van der Waals surface area contributed by atoms with Crippen LogP contribution in [0.3, 0.4) is 0 Å². The molecule has 1 heterocycles. The van der Waals surface area contributed by atoms with Crippen LogP contribution in [0.1, 0.15) is 17.5 Å². The average Bonchev–Trinajstić information content (AvgIpc) is 2.88. The smallest absolute Gasteiger partial charge is 0.238 e. The van der Waals surface area contributed by atoms with E-state index in [1.165, 1.54) is 12.0 Å². The number of hydrogen-bond donors (Lipinski definition) is 3. The molecule has 0 aromatic heterocycles. The molecule has 5 heteroatoms. The van der Waals surface area contributed by atoms with E-state index in [1.807, 2.05) is 12.1 Å². The summed E-state index contributed by atoms with van der Waals surface area (Å²) in [5.74, 6) is 5.55. The lowest BCUT2D eigenvalue weighted by Crippen LogP contribution is -2.31. The fraction of sp³-hybridized carbons (Fsp3) is 0.500. The maximum absolute atomic E-state index is 11.2. The van der Waals surface area contributed by atoms with Gasteiger partial charge in [-0.3, -0.25) is 15.1 Å². The molecule has 1 unspecified atom stereocenters. The zero-order chi connectivity index (χ0) is 13.7. The van der Waals surface area contributed by atoms with E-state index >= 15 is 0 Å². The monoisotopic (exact) mass is 262 g/mol. The van der Waals surface area contributed by atoms with Gasteiger partial charge >= 0.3 is 0 Å². The molecule has 2 rings (SSSR count). The largest absolute Gasteiger partial charge is 0.330 e. The second kappa shape index (κ2) is 6.65. The minimum absolute atomic E-state index is 0.168. The number of rotatable bonds is 5. The Morgan fingerprint density at radius 1 is 1.32 bits per heavy atom. The van der Waals surface area contributed by atoms with Gasteiger partial charge in [0.15, 0.2) is 0 Å². The summed E-state index contributed by atoms with van der Waals surface area (Å²) in [6, 6.07) is 8.13. The molecule has 19 heavy (non-hydrogen) atoms. The lowest BCUT2D eigenvalue weighted by molar-refractivity contribution is -0.120. The van der Waals surface area contributed by atoms with E-state index in [9.17, 15) is 4.79 Å². The van der Waals surface area contributed by atoms with Gasteiger partial charge in [0, 0.05) is 13.1 Å². The Labute approximate surface area is 113 Å². The highest BCUT2D eigenvalue weighted by Gasteiger charge is 2.20. The quantitative estimate of drug-likeness (QED) is 0.396. The van der Waals surface area contributed by atoms with Gasteiger partial charge in [-0.2, -0.15) is 0 Å². The van der Waals surface area contributed by atoms with Crippen LogP contribution in [-0.4, -0.2) is 30.4 Å². The molecule has 0 bridgehead atoms. The highest BCUT2D eigenvalue weighted by Crippen LogP contribution is 2.17. The first-order valence-electron chi connectivity index (χ1n) is 6.71. The van der Waals surface area contributed by atoms with Gasteiger partial charge in [-0.05, 0) is 36.6 Å². The molecule has 1 atom stereocenters. The van der Waals surface area contributed by atoms with Crippen LogP contribution in [0.15, 0.2) is 24.3 Å². The van der Waals surface area contributed by atoms with Crippen molar-refractivity contribution in [2.45, 2.75) is 19.4 Å². The predicted molar refractivity (Wildman–Crippen MR) is 74.9 cm³/mol. The molecule has 104 valence electrons. The topological polar surface area (TPSA) is 84.4 Å². The Bertz CT molecular complexity index is 418. The summed E-state index contributed by atoms with van der Waals surface area (Å²) in [4.78, 5) is 13.6. The SMILES string of the molecule is NCC1CCN(Cc2ccc(CC(=O)NN)cc2)C1. The molecule has 1 aromatic rings. The first kappa shape index (κ1) is 14.0. The van der Waals surface area contributed by atoms with Crippen LogP contribution in [0.25, 0.3) is 0 Å². The van der Waals surface area contributed by atoms with E-state index in [0.717, 1.165) is 31.7 Å². The van der Waals surface area contributed by atoms with Gasteiger partial charge in [0.25, 0.3) is 0 Å². The zero-order valence-electron chi connectivity index (χ0n) is 11.1. The van der Waals surface area contributed by atoms with E-state index in [1.54, 1.807) is 0 Å². The lowest BCUT2D eigenvalue weighted by Gasteiger charge is -2.15. The van der Waals surface area contributed by atoms with Crippen molar-refractivity contribution in [3.63, 3.8) is 0 Å². The van der Waals surface area contributed by atoms with Crippen LogP contribution in [-0.2, 0) is 17.8 Å². The molecule has 0 aliphatic carbocycles. The number of nitrogens with one attached hydrogen (secondary N) is 1. The van der Waals surface area contributed by atoms with Gasteiger partial charge in [-0.25, -0.2) is 5.84 Å². The van der Waals surface area contributed by atoms with Crippen LogP contribution in [0.4, 0.5) is 0 Å². The third-order valence-electron chi connectivity index (χ3n) is 3.66. The van der Waals surface area contributed by atoms with Gasteiger partial charge in [0.1, 0.15) is 0 Å². The number of hydrazine groups is 1. The molecular weight excluding hydrogens is 240 g/mol. The Kier molecular flexibility index (Phi) is 4.90. The number of nitrogens with two attached hydrogens (primary N) is 2. The molecule has 1 saturated heterocycles. The number of carbonyl (C=O) groups excluding carboxylic acids is 1. The van der Waals surface area contributed by atoms with Crippen molar-refractivity contribution in [1.29, 1.82) is 0 Å². The lowest BCUT2D eigenvalue weighted by atomic mass is 10.1. The van der Waals surface area contributed by atoms with Crippen LogP contribution in [0.2, 0.25) is 0 Å². The van der Waals surface area contributed by atoms with Gasteiger partial charge in [0.05, 0.1) is 6.42 Å². The Hall–Kier alpha value is -1.43. The van der Waals surface area contributed by atoms with Crippen molar-refractivity contribution in [3.8, 4) is 0 Å². The Balaban J connectivity index is 1.87. The number of benzene rings is 1. The van der Waals surface area contributed by atoms with E-state index in [-0.39, 0.29) is 5.91 Å². The summed E-state index contributed by atoms with van der Waals surface area (Å²) < 4.78 is 0. The number of amides is 1. The minimum atomic E-state index is -0.168. The standard InChI is InChI=1S/C14H22N4O/c15-8-13-5-6-18(10-13)9-12-3-1-11(2-4-12)7-14(19)17-16/h1-4,13H,5-10,15-16H2,(H,17,19). The van der Waals surface area contributed by atoms with Crippen molar-refractivity contribution >= 4 is 5.91 Å². The first-order chi connectivity index (χ1) is 9.21. The molecule has 1 aliphatic heterocycles. The molecule has 5 N–H and O–H groups in total. The van der Waals surface area contributed by atoms with Gasteiger partial charge in [-0.1, -0.05) is 24.3 Å². The van der Waals surface area contributed by atoms with E-state index in [0.29, 0.717) is 12.3 Å². The fourth-order valence-electron chi connectivity index (χ4n) is 2.51. The number of hydrogen-bond acceptors (Lipinski definition) is 4. The molecule has 0 radical (unpaired) electrons. The van der Waals surface area contributed by atoms with Crippen molar-refractivity contribution in [2.24, 2.45) is 17.5 Å². The highest BCUT2D eigenvalue weighted by molar-refractivity contribution is 5.77. The number of nitrogens with zero attached hydrogens (tertiary/aromatic N) is 1. The summed E-state index contributed by atoms with van der Waals surface area (Å²) in [6.45, 7) is 3.95. The molecule has 0 saturated carbocycles. The van der Waals surface area contributed by atoms with Gasteiger partial charge in [0.2, 0.25) is 5.91 Å². The molecule has 5 nitrogen and oxygen atoms in total. The molecule has 1 amide bonds. The summed E-state index contributed by atoms with van der Waals surface area (Å²) in [7, 11) is 0. The Morgan fingerprint density at radius 2 is 2.00 bits per heavy atom. The molecule has 1 fully saturated rings. The summed E-state index contributed by atoms with van der Waals surface area (Å²) >= 11 is 0. The second-order valence-electron chi connectivity index (χ2n) is 5.19. The fourth-order valence-corrected chi connectivity index (χ4v) is 2.51. The number of carbonyl (C=O) groups is 1. The highest BCUT2D eigenvalue weighted by atomic mass is 16.2. The Morgan fingerprint density at radius 3 is 2.58 bits per heavy atom. The van der Waals surface area contributed by atoms with Crippen molar-refractivity contribution < 1.29 is 4.79 Å². The zero-order valence-corrected chi connectivity index (χ0v) is 11.1.